The predicted octanol–water partition coefficient (Wildman–Crippen LogP) is 3.35. The summed E-state index contributed by atoms with van der Waals surface area (Å²) in [5.74, 6) is -0.857. The highest BCUT2D eigenvalue weighted by Gasteiger charge is 2.10. The molecule has 0 aromatic heterocycles. The number of anilines is 1. The Labute approximate surface area is 130 Å². The second-order valence-electron chi connectivity index (χ2n) is 5.04. The molecule has 2 aromatic rings. The summed E-state index contributed by atoms with van der Waals surface area (Å²) in [6, 6.07) is 14.6. The zero-order valence-corrected chi connectivity index (χ0v) is 12.8. The largest absolute Gasteiger partial charge is 0.452 e. The van der Waals surface area contributed by atoms with Crippen molar-refractivity contribution in [1.82, 2.24) is 0 Å². The van der Waals surface area contributed by atoms with Crippen LogP contribution in [-0.2, 0) is 16.0 Å². The van der Waals surface area contributed by atoms with Crippen molar-refractivity contribution in [3.8, 4) is 0 Å². The Morgan fingerprint density at radius 1 is 1.00 bits per heavy atom. The van der Waals surface area contributed by atoms with Gasteiger partial charge in [0.25, 0.3) is 5.91 Å². The van der Waals surface area contributed by atoms with E-state index in [4.69, 9.17) is 4.74 Å². The molecule has 0 bridgehead atoms. The number of aryl methyl sites for hydroxylation is 2. The molecule has 0 fully saturated rings. The first-order valence-corrected chi connectivity index (χ1v) is 7.21. The molecule has 2 aromatic carbocycles. The molecule has 0 unspecified atom stereocenters. The summed E-state index contributed by atoms with van der Waals surface area (Å²) in [6.45, 7) is 3.71. The number of hydrogen-bond donors (Lipinski definition) is 1. The monoisotopic (exact) mass is 297 g/mol. The third-order valence-electron chi connectivity index (χ3n) is 3.27. The Bertz CT molecular complexity index is 645. The van der Waals surface area contributed by atoms with Gasteiger partial charge >= 0.3 is 5.97 Å². The molecule has 22 heavy (non-hydrogen) atoms. The van der Waals surface area contributed by atoms with E-state index in [9.17, 15) is 9.59 Å². The maximum atomic E-state index is 11.8. The first-order valence-electron chi connectivity index (χ1n) is 7.21. The summed E-state index contributed by atoms with van der Waals surface area (Å²) < 4.78 is 5.01. The Balaban J connectivity index is 1.84. The van der Waals surface area contributed by atoms with Crippen LogP contribution in [-0.4, -0.2) is 18.5 Å². The van der Waals surface area contributed by atoms with E-state index in [2.05, 4.69) is 5.32 Å². The average molecular weight is 297 g/mol. The number of nitrogens with one attached hydrogen (secondary N) is 1. The number of carbonyl (C=O) groups excluding carboxylic acids is 2. The predicted molar refractivity (Wildman–Crippen MR) is 85.9 cm³/mol. The van der Waals surface area contributed by atoms with Crippen LogP contribution in [0.25, 0.3) is 0 Å². The number of ether oxygens (including phenoxy) is 1. The molecule has 4 nitrogen and oxygen atoms in total. The van der Waals surface area contributed by atoms with Crippen LogP contribution >= 0.6 is 0 Å². The van der Waals surface area contributed by atoms with Crippen LogP contribution < -0.4 is 5.32 Å². The zero-order valence-electron chi connectivity index (χ0n) is 12.8. The van der Waals surface area contributed by atoms with E-state index in [0.29, 0.717) is 11.3 Å². The molecule has 0 aliphatic rings. The van der Waals surface area contributed by atoms with Gasteiger partial charge in [-0.2, -0.15) is 0 Å². The standard InChI is InChI=1S/C18H19NO3/c1-3-14-6-8-15(9-7-14)18(21)22-12-17(20)19-16-10-4-13(2)5-11-16/h4-11H,3,12H2,1-2H3,(H,19,20). The molecular weight excluding hydrogens is 278 g/mol. The van der Waals surface area contributed by atoms with E-state index in [1.165, 1.54) is 0 Å². The smallest absolute Gasteiger partial charge is 0.338 e. The summed E-state index contributed by atoms with van der Waals surface area (Å²) in [4.78, 5) is 23.6. The minimum absolute atomic E-state index is 0.303. The SMILES string of the molecule is CCc1ccc(C(=O)OCC(=O)Nc2ccc(C)cc2)cc1. The number of amides is 1. The van der Waals surface area contributed by atoms with Gasteiger partial charge in [0.2, 0.25) is 0 Å². The van der Waals surface area contributed by atoms with Gasteiger partial charge in [-0.15, -0.1) is 0 Å². The van der Waals surface area contributed by atoms with Gasteiger partial charge in [-0.25, -0.2) is 4.79 Å². The molecule has 0 saturated carbocycles. The van der Waals surface area contributed by atoms with Crippen molar-refractivity contribution in [3.05, 3.63) is 65.2 Å². The van der Waals surface area contributed by atoms with Gasteiger partial charge < -0.3 is 10.1 Å². The first-order chi connectivity index (χ1) is 10.6. The van der Waals surface area contributed by atoms with E-state index >= 15 is 0 Å². The average Bonchev–Trinajstić information content (AvgIpc) is 2.55. The quantitative estimate of drug-likeness (QED) is 0.861. The van der Waals surface area contributed by atoms with Crippen molar-refractivity contribution in [1.29, 1.82) is 0 Å². The van der Waals surface area contributed by atoms with E-state index in [-0.39, 0.29) is 12.5 Å². The van der Waals surface area contributed by atoms with Crippen LogP contribution in [0.2, 0.25) is 0 Å². The van der Waals surface area contributed by atoms with E-state index < -0.39 is 5.97 Å². The fraction of sp³-hybridized carbons (Fsp3) is 0.222. The molecule has 0 radical (unpaired) electrons. The molecule has 0 heterocycles. The molecule has 114 valence electrons. The summed E-state index contributed by atoms with van der Waals surface area (Å²) in [5, 5.41) is 2.68. The molecule has 0 aliphatic carbocycles. The lowest BCUT2D eigenvalue weighted by atomic mass is 10.1. The molecule has 1 N–H and O–H groups in total. The second-order valence-corrected chi connectivity index (χ2v) is 5.04. The Morgan fingerprint density at radius 3 is 2.23 bits per heavy atom. The lowest BCUT2D eigenvalue weighted by Gasteiger charge is -2.07. The van der Waals surface area contributed by atoms with E-state index in [1.54, 1.807) is 24.3 Å². The Kier molecular flexibility index (Phi) is 5.31. The van der Waals surface area contributed by atoms with Gasteiger partial charge in [-0.05, 0) is 43.2 Å². The van der Waals surface area contributed by atoms with Crippen molar-refractivity contribution < 1.29 is 14.3 Å². The fourth-order valence-electron chi connectivity index (χ4n) is 1.92. The molecule has 0 aliphatic heterocycles. The van der Waals surface area contributed by atoms with Gasteiger partial charge in [0.05, 0.1) is 5.56 Å². The maximum Gasteiger partial charge on any atom is 0.338 e. The van der Waals surface area contributed by atoms with Crippen LogP contribution in [0.15, 0.2) is 48.5 Å². The molecule has 0 atom stereocenters. The highest BCUT2D eigenvalue weighted by Crippen LogP contribution is 2.09. The third kappa shape index (κ3) is 4.45. The van der Waals surface area contributed by atoms with Crippen molar-refractivity contribution >= 4 is 17.6 Å². The number of benzene rings is 2. The molecule has 0 saturated heterocycles. The number of rotatable bonds is 5. The molecule has 1 amide bonds. The molecule has 4 heteroatoms. The molecule has 0 spiro atoms. The van der Waals surface area contributed by atoms with Gasteiger partial charge in [0, 0.05) is 5.69 Å². The maximum absolute atomic E-state index is 11.8. The number of carbonyl (C=O) groups is 2. The second kappa shape index (κ2) is 7.41. The highest BCUT2D eigenvalue weighted by molar-refractivity contribution is 5.95. The minimum Gasteiger partial charge on any atom is -0.452 e. The van der Waals surface area contributed by atoms with Crippen molar-refractivity contribution in [2.24, 2.45) is 0 Å². The van der Waals surface area contributed by atoms with Crippen molar-refractivity contribution in [3.63, 3.8) is 0 Å². The normalized spacial score (nSPS) is 10.1. The lowest BCUT2D eigenvalue weighted by Crippen LogP contribution is -2.20. The van der Waals surface area contributed by atoms with E-state index in [0.717, 1.165) is 17.5 Å². The van der Waals surface area contributed by atoms with Crippen molar-refractivity contribution in [2.75, 3.05) is 11.9 Å². The van der Waals surface area contributed by atoms with Crippen LogP contribution in [0.4, 0.5) is 5.69 Å². The Hall–Kier alpha value is -2.62. The number of esters is 1. The van der Waals surface area contributed by atoms with Gasteiger partial charge in [-0.1, -0.05) is 36.8 Å². The van der Waals surface area contributed by atoms with Crippen LogP contribution in [0, 0.1) is 6.92 Å². The van der Waals surface area contributed by atoms with Gasteiger partial charge in [0.15, 0.2) is 6.61 Å². The van der Waals surface area contributed by atoms with Gasteiger partial charge in [0.1, 0.15) is 0 Å². The minimum atomic E-state index is -0.498. The van der Waals surface area contributed by atoms with Crippen LogP contribution in [0.5, 0.6) is 0 Å². The molecular formula is C18H19NO3. The Morgan fingerprint density at radius 2 is 1.64 bits per heavy atom. The summed E-state index contributed by atoms with van der Waals surface area (Å²) in [5.41, 5.74) is 3.38. The van der Waals surface area contributed by atoms with Crippen molar-refractivity contribution in [2.45, 2.75) is 20.3 Å². The number of hydrogen-bond acceptors (Lipinski definition) is 3. The van der Waals surface area contributed by atoms with E-state index in [1.807, 2.05) is 38.1 Å². The summed E-state index contributed by atoms with van der Waals surface area (Å²) in [7, 11) is 0. The zero-order chi connectivity index (χ0) is 15.9. The van der Waals surface area contributed by atoms with Gasteiger partial charge in [-0.3, -0.25) is 4.79 Å². The topological polar surface area (TPSA) is 55.4 Å². The summed E-state index contributed by atoms with van der Waals surface area (Å²) in [6.07, 6.45) is 0.911. The third-order valence-corrected chi connectivity index (χ3v) is 3.27. The molecule has 2 rings (SSSR count). The first kappa shape index (κ1) is 15.8. The van der Waals surface area contributed by atoms with Crippen LogP contribution in [0.1, 0.15) is 28.4 Å². The highest BCUT2D eigenvalue weighted by atomic mass is 16.5. The fourth-order valence-corrected chi connectivity index (χ4v) is 1.92. The summed E-state index contributed by atoms with van der Waals surface area (Å²) >= 11 is 0. The van der Waals surface area contributed by atoms with Crippen LogP contribution in [0.3, 0.4) is 0 Å². The lowest BCUT2D eigenvalue weighted by molar-refractivity contribution is -0.119.